The molecule has 0 saturated heterocycles. The Labute approximate surface area is 286 Å². The van der Waals surface area contributed by atoms with E-state index in [1.165, 1.54) is 11.8 Å². The van der Waals surface area contributed by atoms with Crippen molar-refractivity contribution >= 4 is 56.4 Å². The normalized spacial score (nSPS) is 14.4. The zero-order chi connectivity index (χ0) is 34.0. The summed E-state index contributed by atoms with van der Waals surface area (Å²) < 4.78 is 7.60. The van der Waals surface area contributed by atoms with Crippen molar-refractivity contribution in [3.05, 3.63) is 57.6 Å². The van der Waals surface area contributed by atoms with Gasteiger partial charge in [0.25, 0.3) is 0 Å². The van der Waals surface area contributed by atoms with Crippen molar-refractivity contribution in [3.8, 4) is 11.5 Å². The third kappa shape index (κ3) is 10.4. The van der Waals surface area contributed by atoms with Crippen molar-refractivity contribution in [1.29, 1.82) is 0 Å². The maximum absolute atomic E-state index is 11.1. The maximum Gasteiger partial charge on any atom is 0.123 e. The molecule has 44 heavy (non-hydrogen) atoms. The Morgan fingerprint density at radius 2 is 1.02 bits per heavy atom. The van der Waals surface area contributed by atoms with Crippen molar-refractivity contribution in [1.82, 2.24) is 0 Å². The molecule has 3 N–H and O–H groups in total. The fourth-order valence-corrected chi connectivity index (χ4v) is 7.28. The second-order valence-electron chi connectivity index (χ2n) is 15.8. The molecule has 0 spiro atoms. The highest BCUT2D eigenvalue weighted by atomic mass is 32.2. The standard InChI is InChI=1S/C36H54O4S4/c1-21(44-32(42)23-16-27(35(8,9)10)30(39)28(17-23)36(11,12)13)19-40-24(18-37)20-43-31(41)22-14-25(33(2,3)4)29(38)26(15-22)34(5,6)7/h14-17,21,24,37-39H,18-20H2,1-13H3. The number of hydrogen-bond donors (Lipinski definition) is 3. The van der Waals surface area contributed by atoms with Crippen LogP contribution in [0.3, 0.4) is 0 Å². The number of hydrogen-bond acceptors (Lipinski definition) is 8. The van der Waals surface area contributed by atoms with Gasteiger partial charge < -0.3 is 20.1 Å². The van der Waals surface area contributed by atoms with Gasteiger partial charge in [-0.1, -0.05) is 114 Å². The highest BCUT2D eigenvalue weighted by molar-refractivity contribution is 8.24. The number of rotatable bonds is 9. The molecule has 2 aromatic carbocycles. The average molecular weight is 679 g/mol. The minimum absolute atomic E-state index is 0.0549. The monoisotopic (exact) mass is 678 g/mol. The van der Waals surface area contributed by atoms with E-state index in [1.54, 1.807) is 11.8 Å². The molecule has 0 heterocycles. The number of phenols is 2. The summed E-state index contributed by atoms with van der Waals surface area (Å²) >= 11 is 14.8. The molecule has 2 atom stereocenters. The third-order valence-corrected chi connectivity index (χ3v) is 10.5. The van der Waals surface area contributed by atoms with Gasteiger partial charge in [-0.05, 0) is 57.1 Å². The average Bonchev–Trinajstić information content (AvgIpc) is 2.85. The molecule has 0 fully saturated rings. The van der Waals surface area contributed by atoms with E-state index in [9.17, 15) is 15.3 Å². The van der Waals surface area contributed by atoms with Gasteiger partial charge in [-0.3, -0.25) is 0 Å². The fraction of sp³-hybridized carbons (Fsp3) is 0.611. The van der Waals surface area contributed by atoms with Gasteiger partial charge in [0.2, 0.25) is 0 Å². The summed E-state index contributed by atoms with van der Waals surface area (Å²) in [7, 11) is 0. The van der Waals surface area contributed by atoms with E-state index in [0.717, 1.165) is 37.6 Å². The molecule has 0 aromatic heterocycles. The van der Waals surface area contributed by atoms with Crippen molar-refractivity contribution in [2.24, 2.45) is 0 Å². The molecule has 8 heteroatoms. The predicted molar refractivity (Wildman–Crippen MR) is 201 cm³/mol. The molecule has 0 aliphatic rings. The quantitative estimate of drug-likeness (QED) is 0.227. The Morgan fingerprint density at radius 3 is 1.34 bits per heavy atom. The summed E-state index contributed by atoms with van der Waals surface area (Å²) in [6.45, 7) is 27.5. The molecule has 0 bridgehead atoms. The van der Waals surface area contributed by atoms with Crippen LogP contribution in [0, 0.1) is 0 Å². The van der Waals surface area contributed by atoms with E-state index in [0.29, 0.717) is 28.1 Å². The first-order valence-electron chi connectivity index (χ1n) is 15.2. The molecular weight excluding hydrogens is 625 g/mol. The van der Waals surface area contributed by atoms with Crippen LogP contribution in [0.25, 0.3) is 0 Å². The highest BCUT2D eigenvalue weighted by Gasteiger charge is 2.29. The van der Waals surface area contributed by atoms with E-state index < -0.39 is 0 Å². The van der Waals surface area contributed by atoms with Crippen molar-refractivity contribution < 1.29 is 20.1 Å². The first kappa shape index (κ1) is 39.0. The number of aliphatic hydroxyl groups excluding tert-OH is 1. The van der Waals surface area contributed by atoms with Crippen LogP contribution < -0.4 is 0 Å². The van der Waals surface area contributed by atoms with Gasteiger partial charge in [0.1, 0.15) is 11.5 Å². The SMILES string of the molecule is CC(COC(CO)CSC(=S)c1cc(C(C)(C)C)c(O)c(C(C)(C)C)c1)SC(=S)c1cc(C(C)(C)C)c(O)c(C(C)(C)C)c1. The van der Waals surface area contributed by atoms with Crippen molar-refractivity contribution in [2.45, 2.75) is 123 Å². The highest BCUT2D eigenvalue weighted by Crippen LogP contribution is 2.42. The zero-order valence-electron chi connectivity index (χ0n) is 29.0. The first-order valence-corrected chi connectivity index (χ1v) is 17.9. The van der Waals surface area contributed by atoms with Crippen LogP contribution in [0.1, 0.15) is 123 Å². The third-order valence-electron chi connectivity index (χ3n) is 7.40. The number of thiocarbonyl (C=S) groups is 2. The summed E-state index contributed by atoms with van der Waals surface area (Å²) in [5.41, 5.74) is 4.41. The largest absolute Gasteiger partial charge is 0.507 e. The lowest BCUT2D eigenvalue weighted by Crippen LogP contribution is -2.25. The second kappa shape index (κ2) is 14.7. The van der Waals surface area contributed by atoms with Crippen LogP contribution in [0.15, 0.2) is 24.3 Å². The van der Waals surface area contributed by atoms with E-state index in [4.69, 9.17) is 29.2 Å². The molecule has 4 nitrogen and oxygen atoms in total. The molecule has 2 unspecified atom stereocenters. The van der Waals surface area contributed by atoms with Gasteiger partial charge in [-0.15, -0.1) is 23.5 Å². The molecule has 246 valence electrons. The Kier molecular flexibility index (Phi) is 13.1. The zero-order valence-corrected chi connectivity index (χ0v) is 32.2. The predicted octanol–water partition coefficient (Wildman–Crippen LogP) is 9.57. The van der Waals surface area contributed by atoms with Crippen molar-refractivity contribution in [3.63, 3.8) is 0 Å². The van der Waals surface area contributed by atoms with Gasteiger partial charge >= 0.3 is 0 Å². The van der Waals surface area contributed by atoms with E-state index in [1.807, 2.05) is 24.3 Å². The maximum atomic E-state index is 11.1. The first-order chi connectivity index (χ1) is 19.9. The summed E-state index contributed by atoms with van der Waals surface area (Å²) in [5.74, 6) is 1.19. The number of aliphatic hydroxyl groups is 1. The van der Waals surface area contributed by atoms with E-state index >= 15 is 0 Å². The molecule has 2 rings (SSSR count). The van der Waals surface area contributed by atoms with Crippen LogP contribution in [0.4, 0.5) is 0 Å². The van der Waals surface area contributed by atoms with Crippen molar-refractivity contribution in [2.75, 3.05) is 19.0 Å². The Morgan fingerprint density at radius 1 is 0.682 bits per heavy atom. The second-order valence-corrected chi connectivity index (χ2v) is 19.6. The van der Waals surface area contributed by atoms with Gasteiger partial charge in [0.05, 0.1) is 27.7 Å². The number of thioether (sulfide) groups is 2. The molecule has 2 aromatic rings. The van der Waals surface area contributed by atoms with Crippen LogP contribution in [-0.2, 0) is 26.4 Å². The molecular formula is C36H54O4S4. The number of benzene rings is 2. The molecule has 0 aliphatic carbocycles. The topological polar surface area (TPSA) is 69.9 Å². The molecule has 0 saturated carbocycles. The van der Waals surface area contributed by atoms with Gasteiger partial charge in [-0.2, -0.15) is 0 Å². The van der Waals surface area contributed by atoms with Crippen LogP contribution in [0.2, 0.25) is 0 Å². The smallest absolute Gasteiger partial charge is 0.123 e. The number of phenolic OH excluding ortho intramolecular Hbond substituents is 2. The fourth-order valence-electron chi connectivity index (χ4n) is 4.75. The summed E-state index contributed by atoms with van der Waals surface area (Å²) in [6, 6.07) is 8.02. The molecule has 0 aliphatic heterocycles. The molecule has 0 amide bonds. The summed E-state index contributed by atoms with van der Waals surface area (Å²) in [6.07, 6.45) is -0.385. The number of aromatic hydroxyl groups is 2. The van der Waals surface area contributed by atoms with Crippen LogP contribution >= 0.6 is 48.0 Å². The van der Waals surface area contributed by atoms with Gasteiger partial charge in [0, 0.05) is 33.3 Å². The minimum Gasteiger partial charge on any atom is -0.507 e. The van der Waals surface area contributed by atoms with Gasteiger partial charge in [-0.25, -0.2) is 0 Å². The molecule has 0 radical (unpaired) electrons. The van der Waals surface area contributed by atoms with Crippen LogP contribution in [0.5, 0.6) is 11.5 Å². The van der Waals surface area contributed by atoms with E-state index in [2.05, 4.69) is 90.0 Å². The lowest BCUT2D eigenvalue weighted by molar-refractivity contribution is 0.0304. The number of ether oxygens (including phenoxy) is 1. The lowest BCUT2D eigenvalue weighted by atomic mass is 9.78. The Balaban J connectivity index is 2.12. The minimum atomic E-state index is -0.385. The lowest BCUT2D eigenvalue weighted by Gasteiger charge is -2.28. The Hall–Kier alpha value is -1.16. The van der Waals surface area contributed by atoms with Crippen LogP contribution in [-0.4, -0.2) is 54.0 Å². The van der Waals surface area contributed by atoms with Gasteiger partial charge in [0.15, 0.2) is 0 Å². The Bertz CT molecular complexity index is 1270. The van der Waals surface area contributed by atoms with E-state index in [-0.39, 0.29) is 39.6 Å². The summed E-state index contributed by atoms with van der Waals surface area (Å²) in [4.78, 5) is 0. The summed E-state index contributed by atoms with van der Waals surface area (Å²) in [5, 5.41) is 32.3.